The average molecular weight is 383 g/mol. The average Bonchev–Trinajstić information content (AvgIpc) is 2.58. The molecule has 2 aromatic rings. The van der Waals surface area contributed by atoms with Crippen LogP contribution in [-0.2, 0) is 9.59 Å². The van der Waals surface area contributed by atoms with E-state index in [0.29, 0.717) is 15.6 Å². The van der Waals surface area contributed by atoms with E-state index in [2.05, 4.69) is 10.9 Å². The van der Waals surface area contributed by atoms with Crippen LogP contribution in [0.2, 0.25) is 10.0 Å². The minimum atomic E-state index is -0.644. The Morgan fingerprint density at radius 1 is 1.12 bits per heavy atom. The number of carbonyl (C=O) groups excluding carboxylic acids is 2. The predicted molar refractivity (Wildman–Crippen MR) is 93.7 cm³/mol. The van der Waals surface area contributed by atoms with Crippen molar-refractivity contribution in [3.05, 3.63) is 70.0 Å². The molecule has 25 heavy (non-hydrogen) atoms. The molecule has 0 radical (unpaired) electrons. The van der Waals surface area contributed by atoms with Gasteiger partial charge in [-0.25, -0.2) is 4.39 Å². The van der Waals surface area contributed by atoms with Gasteiger partial charge in [-0.2, -0.15) is 0 Å². The van der Waals surface area contributed by atoms with Gasteiger partial charge in [-0.15, -0.1) is 0 Å². The molecule has 2 amide bonds. The Bertz CT molecular complexity index is 812. The molecule has 0 aromatic heterocycles. The predicted octanol–water partition coefficient (Wildman–Crippen LogP) is 3.37. The van der Waals surface area contributed by atoms with Gasteiger partial charge >= 0.3 is 0 Å². The molecule has 0 unspecified atom stereocenters. The van der Waals surface area contributed by atoms with Crippen molar-refractivity contribution < 1.29 is 18.7 Å². The van der Waals surface area contributed by atoms with Gasteiger partial charge in [-0.05, 0) is 35.9 Å². The zero-order chi connectivity index (χ0) is 18.2. The molecule has 0 fully saturated rings. The molecule has 2 N–H and O–H groups in total. The van der Waals surface area contributed by atoms with Crippen LogP contribution >= 0.6 is 23.2 Å². The second kappa shape index (κ2) is 9.05. The number of ether oxygens (including phenoxy) is 1. The maximum Gasteiger partial charge on any atom is 0.276 e. The molecule has 2 aromatic carbocycles. The quantitative estimate of drug-likeness (QED) is 0.615. The SMILES string of the molecule is O=C(/C=C/c1ccc(Cl)cc1Cl)NNC(=O)COc1ccccc1F. The number of hydrogen-bond donors (Lipinski definition) is 2. The van der Waals surface area contributed by atoms with Gasteiger partial charge in [0.1, 0.15) is 0 Å². The van der Waals surface area contributed by atoms with Crippen LogP contribution in [0.4, 0.5) is 4.39 Å². The van der Waals surface area contributed by atoms with Crippen molar-refractivity contribution in [3.63, 3.8) is 0 Å². The molecule has 0 spiro atoms. The normalized spacial score (nSPS) is 10.5. The Labute approximate surface area is 153 Å². The van der Waals surface area contributed by atoms with Crippen LogP contribution in [0.1, 0.15) is 5.56 Å². The highest BCUT2D eigenvalue weighted by atomic mass is 35.5. The molecule has 0 saturated heterocycles. The van der Waals surface area contributed by atoms with Crippen LogP contribution in [0.15, 0.2) is 48.5 Å². The fourth-order valence-corrected chi connectivity index (χ4v) is 2.19. The molecule has 130 valence electrons. The number of rotatable bonds is 5. The molecule has 0 saturated carbocycles. The Morgan fingerprint density at radius 3 is 2.60 bits per heavy atom. The fraction of sp³-hybridized carbons (Fsp3) is 0.0588. The fourth-order valence-electron chi connectivity index (χ4n) is 1.72. The summed E-state index contributed by atoms with van der Waals surface area (Å²) in [6, 6.07) is 10.5. The number of amides is 2. The first-order valence-electron chi connectivity index (χ1n) is 7.05. The van der Waals surface area contributed by atoms with E-state index in [4.69, 9.17) is 27.9 Å². The molecule has 5 nitrogen and oxygen atoms in total. The monoisotopic (exact) mass is 382 g/mol. The molecular formula is C17H13Cl2FN2O3. The van der Waals surface area contributed by atoms with Crippen molar-refractivity contribution in [2.45, 2.75) is 0 Å². The van der Waals surface area contributed by atoms with E-state index in [1.54, 1.807) is 24.3 Å². The standard InChI is InChI=1S/C17H13Cl2FN2O3/c18-12-7-5-11(13(19)9-12)6-8-16(23)21-22-17(24)10-25-15-4-2-1-3-14(15)20/h1-9H,10H2,(H,21,23)(H,22,24)/b8-6+. The van der Waals surface area contributed by atoms with Gasteiger partial charge in [0.15, 0.2) is 18.2 Å². The number of hydrazine groups is 1. The van der Waals surface area contributed by atoms with E-state index in [1.807, 2.05) is 0 Å². The summed E-state index contributed by atoms with van der Waals surface area (Å²) >= 11 is 11.7. The number of hydrogen-bond acceptors (Lipinski definition) is 3. The van der Waals surface area contributed by atoms with Crippen LogP contribution in [0, 0.1) is 5.82 Å². The van der Waals surface area contributed by atoms with Crippen LogP contribution in [0.3, 0.4) is 0 Å². The number of benzene rings is 2. The molecule has 0 aliphatic heterocycles. The lowest BCUT2D eigenvalue weighted by atomic mass is 10.2. The van der Waals surface area contributed by atoms with E-state index >= 15 is 0 Å². The summed E-state index contributed by atoms with van der Waals surface area (Å²) in [4.78, 5) is 23.2. The lowest BCUT2D eigenvalue weighted by molar-refractivity contribution is -0.128. The van der Waals surface area contributed by atoms with Gasteiger partial charge in [0.2, 0.25) is 0 Å². The van der Waals surface area contributed by atoms with E-state index in [-0.39, 0.29) is 5.75 Å². The minimum absolute atomic E-state index is 0.0544. The second-order valence-electron chi connectivity index (χ2n) is 4.76. The van der Waals surface area contributed by atoms with Crippen LogP contribution in [0.5, 0.6) is 5.75 Å². The zero-order valence-electron chi connectivity index (χ0n) is 12.8. The van der Waals surface area contributed by atoms with Crippen molar-refractivity contribution in [3.8, 4) is 5.75 Å². The minimum Gasteiger partial charge on any atom is -0.481 e. The molecule has 0 heterocycles. The van der Waals surface area contributed by atoms with Gasteiger partial charge in [0.25, 0.3) is 11.8 Å². The molecule has 0 aliphatic carbocycles. The lowest BCUT2D eigenvalue weighted by Gasteiger charge is -2.08. The van der Waals surface area contributed by atoms with E-state index in [0.717, 1.165) is 0 Å². The van der Waals surface area contributed by atoms with E-state index in [1.165, 1.54) is 30.4 Å². The third-order valence-electron chi connectivity index (χ3n) is 2.90. The zero-order valence-corrected chi connectivity index (χ0v) is 14.3. The largest absolute Gasteiger partial charge is 0.481 e. The maximum atomic E-state index is 13.3. The summed E-state index contributed by atoms with van der Waals surface area (Å²) < 4.78 is 18.3. The Hall–Kier alpha value is -2.57. The Kier molecular flexibility index (Phi) is 6.80. The summed E-state index contributed by atoms with van der Waals surface area (Å²) in [7, 11) is 0. The highest BCUT2D eigenvalue weighted by Crippen LogP contribution is 2.21. The van der Waals surface area contributed by atoms with Crippen molar-refractivity contribution in [1.82, 2.24) is 10.9 Å². The van der Waals surface area contributed by atoms with Crippen molar-refractivity contribution in [1.29, 1.82) is 0 Å². The van der Waals surface area contributed by atoms with E-state index < -0.39 is 24.2 Å². The highest BCUT2D eigenvalue weighted by Gasteiger charge is 2.07. The van der Waals surface area contributed by atoms with Gasteiger partial charge in [0, 0.05) is 16.1 Å². The first-order chi connectivity index (χ1) is 12.0. The van der Waals surface area contributed by atoms with Crippen molar-refractivity contribution >= 4 is 41.1 Å². The molecule has 8 heteroatoms. The number of para-hydroxylation sites is 1. The number of nitrogens with one attached hydrogen (secondary N) is 2. The van der Waals surface area contributed by atoms with Crippen LogP contribution < -0.4 is 15.6 Å². The topological polar surface area (TPSA) is 67.4 Å². The highest BCUT2D eigenvalue weighted by molar-refractivity contribution is 6.35. The summed E-state index contributed by atoms with van der Waals surface area (Å²) in [5.74, 6) is -1.86. The Balaban J connectivity index is 1.78. The lowest BCUT2D eigenvalue weighted by Crippen LogP contribution is -2.43. The summed E-state index contributed by atoms with van der Waals surface area (Å²) in [6.45, 7) is -0.450. The van der Waals surface area contributed by atoms with Crippen molar-refractivity contribution in [2.75, 3.05) is 6.61 Å². The van der Waals surface area contributed by atoms with Gasteiger partial charge in [0.05, 0.1) is 0 Å². The smallest absolute Gasteiger partial charge is 0.276 e. The molecule has 0 atom stereocenters. The van der Waals surface area contributed by atoms with Gasteiger partial charge in [-0.1, -0.05) is 41.4 Å². The van der Waals surface area contributed by atoms with Crippen LogP contribution in [-0.4, -0.2) is 18.4 Å². The Morgan fingerprint density at radius 2 is 1.88 bits per heavy atom. The second-order valence-corrected chi connectivity index (χ2v) is 5.60. The van der Waals surface area contributed by atoms with Crippen LogP contribution in [0.25, 0.3) is 6.08 Å². The molecule has 0 bridgehead atoms. The third-order valence-corrected chi connectivity index (χ3v) is 3.46. The molecule has 2 rings (SSSR count). The van der Waals surface area contributed by atoms with Gasteiger partial charge in [-0.3, -0.25) is 20.4 Å². The molecular weight excluding hydrogens is 370 g/mol. The summed E-state index contributed by atoms with van der Waals surface area (Å²) in [5.41, 5.74) is 4.90. The van der Waals surface area contributed by atoms with E-state index in [9.17, 15) is 14.0 Å². The summed E-state index contributed by atoms with van der Waals surface area (Å²) in [5, 5.41) is 0.868. The van der Waals surface area contributed by atoms with Gasteiger partial charge < -0.3 is 4.74 Å². The number of halogens is 3. The first kappa shape index (κ1) is 18.8. The maximum absolute atomic E-state index is 13.3. The number of carbonyl (C=O) groups is 2. The third kappa shape index (κ3) is 6.10. The van der Waals surface area contributed by atoms with Crippen molar-refractivity contribution in [2.24, 2.45) is 0 Å². The first-order valence-corrected chi connectivity index (χ1v) is 7.80. The molecule has 0 aliphatic rings. The summed E-state index contributed by atoms with van der Waals surface area (Å²) in [6.07, 6.45) is 2.66.